The van der Waals surface area contributed by atoms with Crippen LogP contribution in [-0.2, 0) is 0 Å². The molecular weight excluding hydrogens is 312 g/mol. The third-order valence-electron chi connectivity index (χ3n) is 4.09. The Balaban J connectivity index is 1.93. The van der Waals surface area contributed by atoms with E-state index in [0.717, 1.165) is 39.7 Å². The van der Waals surface area contributed by atoms with Gasteiger partial charge in [-0.3, -0.25) is 0 Å². The molecule has 0 saturated heterocycles. The van der Waals surface area contributed by atoms with Crippen molar-refractivity contribution in [3.63, 3.8) is 0 Å². The van der Waals surface area contributed by atoms with E-state index in [0.29, 0.717) is 5.92 Å². The topological polar surface area (TPSA) is 36.7 Å². The fourth-order valence-electron chi connectivity index (χ4n) is 2.94. The van der Waals surface area contributed by atoms with Gasteiger partial charge in [-0.2, -0.15) is 5.26 Å². The number of benzene rings is 1. The minimum absolute atomic E-state index is 0.669. The average Bonchev–Trinajstić information content (AvgIpc) is 2.98. The molecule has 0 bridgehead atoms. The first kappa shape index (κ1) is 15.3. The summed E-state index contributed by atoms with van der Waals surface area (Å²) in [5.74, 6) is 0.669. The summed E-state index contributed by atoms with van der Waals surface area (Å²) >= 11 is 7.48. The molecule has 1 aromatic carbocycles. The number of aromatic nitrogens is 1. The van der Waals surface area contributed by atoms with Gasteiger partial charge in [0.25, 0.3) is 0 Å². The van der Waals surface area contributed by atoms with Crippen molar-refractivity contribution in [3.8, 4) is 17.3 Å². The summed E-state index contributed by atoms with van der Waals surface area (Å²) in [7, 11) is 0. The number of halogens is 1. The van der Waals surface area contributed by atoms with Crippen LogP contribution in [0.5, 0.6) is 0 Å². The number of nitrogens with zero attached hydrogens (tertiary/aromatic N) is 2. The van der Waals surface area contributed by atoms with Gasteiger partial charge in [-0.15, -0.1) is 11.3 Å². The lowest BCUT2D eigenvalue weighted by Crippen LogP contribution is -2.06. The monoisotopic (exact) mass is 328 g/mol. The summed E-state index contributed by atoms with van der Waals surface area (Å²) in [4.78, 5) is 4.68. The highest BCUT2D eigenvalue weighted by Gasteiger charge is 2.19. The molecule has 0 radical (unpaired) electrons. The van der Waals surface area contributed by atoms with E-state index in [1.807, 2.05) is 29.6 Å². The van der Waals surface area contributed by atoms with Crippen LogP contribution < -0.4 is 0 Å². The van der Waals surface area contributed by atoms with Crippen molar-refractivity contribution in [3.05, 3.63) is 45.2 Å². The number of hydrogen-bond acceptors (Lipinski definition) is 3. The van der Waals surface area contributed by atoms with E-state index in [1.165, 1.54) is 18.4 Å². The van der Waals surface area contributed by atoms with Gasteiger partial charge < -0.3 is 0 Å². The lowest BCUT2D eigenvalue weighted by atomic mass is 9.84. The zero-order chi connectivity index (χ0) is 15.5. The van der Waals surface area contributed by atoms with Crippen LogP contribution in [0.1, 0.15) is 37.6 Å². The summed E-state index contributed by atoms with van der Waals surface area (Å²) in [6.07, 6.45) is 4.50. The molecule has 1 heterocycles. The number of hydrogen-bond donors (Lipinski definition) is 0. The molecular formula is C18H17ClN2S. The van der Waals surface area contributed by atoms with Crippen molar-refractivity contribution in [2.24, 2.45) is 5.92 Å². The smallest absolute Gasteiger partial charge is 0.134 e. The Morgan fingerprint density at radius 2 is 2.14 bits per heavy atom. The summed E-state index contributed by atoms with van der Waals surface area (Å²) in [5, 5.41) is 13.2. The molecule has 0 aliphatic heterocycles. The molecule has 1 unspecified atom stereocenters. The van der Waals surface area contributed by atoms with Gasteiger partial charge in [-0.25, -0.2) is 4.98 Å². The number of rotatable bonds is 2. The van der Waals surface area contributed by atoms with Gasteiger partial charge in [0, 0.05) is 16.0 Å². The van der Waals surface area contributed by atoms with Crippen molar-refractivity contribution in [1.29, 1.82) is 5.26 Å². The Morgan fingerprint density at radius 1 is 1.36 bits per heavy atom. The van der Waals surface area contributed by atoms with E-state index in [-0.39, 0.29) is 0 Å². The van der Waals surface area contributed by atoms with Crippen molar-refractivity contribution >= 4 is 28.5 Å². The van der Waals surface area contributed by atoms with Crippen molar-refractivity contribution in [2.75, 3.05) is 0 Å². The predicted molar refractivity (Wildman–Crippen MR) is 92.7 cm³/mol. The summed E-state index contributed by atoms with van der Waals surface area (Å²) in [6, 6.07) is 10.0. The zero-order valence-corrected chi connectivity index (χ0v) is 14.0. The maximum Gasteiger partial charge on any atom is 0.134 e. The minimum Gasteiger partial charge on any atom is -0.235 e. The molecule has 2 nitrogen and oxygen atoms in total. The molecule has 1 fully saturated rings. The van der Waals surface area contributed by atoms with Gasteiger partial charge in [-0.1, -0.05) is 37.1 Å². The first-order valence-corrected chi connectivity index (χ1v) is 8.77. The Morgan fingerprint density at radius 3 is 2.82 bits per heavy atom. The van der Waals surface area contributed by atoms with Crippen LogP contribution in [0.3, 0.4) is 0 Å². The van der Waals surface area contributed by atoms with Crippen LogP contribution in [-0.4, -0.2) is 4.98 Å². The lowest BCUT2D eigenvalue weighted by molar-refractivity contribution is 0.454. The fraction of sp³-hybridized carbons (Fsp3) is 0.333. The first-order valence-electron chi connectivity index (χ1n) is 7.51. The van der Waals surface area contributed by atoms with Gasteiger partial charge in [0.05, 0.1) is 11.3 Å². The van der Waals surface area contributed by atoms with Crippen LogP contribution in [0.4, 0.5) is 0 Å². The third kappa shape index (κ3) is 3.24. The first-order chi connectivity index (χ1) is 10.7. The Hall–Kier alpha value is -1.63. The molecule has 1 atom stereocenters. The molecule has 4 heteroatoms. The largest absolute Gasteiger partial charge is 0.235 e. The van der Waals surface area contributed by atoms with Gasteiger partial charge in [0.1, 0.15) is 11.1 Å². The van der Waals surface area contributed by atoms with Gasteiger partial charge in [0.15, 0.2) is 0 Å². The average molecular weight is 329 g/mol. The lowest BCUT2D eigenvalue weighted by Gasteiger charge is -2.21. The van der Waals surface area contributed by atoms with Crippen molar-refractivity contribution in [1.82, 2.24) is 4.98 Å². The zero-order valence-electron chi connectivity index (χ0n) is 12.5. The molecule has 3 rings (SSSR count). The number of nitriles is 1. The van der Waals surface area contributed by atoms with E-state index in [9.17, 15) is 5.26 Å². The third-order valence-corrected chi connectivity index (χ3v) is 5.21. The molecule has 1 aliphatic carbocycles. The van der Waals surface area contributed by atoms with E-state index >= 15 is 0 Å². The van der Waals surface area contributed by atoms with Crippen LogP contribution in [0, 0.1) is 17.2 Å². The van der Waals surface area contributed by atoms with Crippen LogP contribution in [0.15, 0.2) is 35.2 Å². The van der Waals surface area contributed by atoms with E-state index < -0.39 is 0 Å². The quantitative estimate of drug-likeness (QED) is 0.638. The Labute approximate surface area is 140 Å². The highest BCUT2D eigenvalue weighted by molar-refractivity contribution is 7.11. The molecule has 22 heavy (non-hydrogen) atoms. The SMILES string of the molecule is CC1CCCC(=C(C#N)c2nc(-c3ccc(Cl)cc3)cs2)C1. The molecule has 1 saturated carbocycles. The molecule has 1 aromatic heterocycles. The highest BCUT2D eigenvalue weighted by Crippen LogP contribution is 2.35. The Bertz CT molecular complexity index is 737. The van der Waals surface area contributed by atoms with E-state index in [2.05, 4.69) is 18.0 Å². The molecule has 112 valence electrons. The maximum atomic E-state index is 9.58. The highest BCUT2D eigenvalue weighted by atomic mass is 35.5. The summed E-state index contributed by atoms with van der Waals surface area (Å²) in [5.41, 5.74) is 4.01. The van der Waals surface area contributed by atoms with E-state index in [4.69, 9.17) is 11.6 Å². The number of allylic oxidation sites excluding steroid dienone is 2. The number of thiazole rings is 1. The van der Waals surface area contributed by atoms with E-state index in [1.54, 1.807) is 11.3 Å². The molecule has 2 aromatic rings. The molecule has 0 spiro atoms. The molecule has 0 N–H and O–H groups in total. The van der Waals surface area contributed by atoms with Crippen molar-refractivity contribution in [2.45, 2.75) is 32.6 Å². The Kier molecular flexibility index (Phi) is 4.61. The predicted octanol–water partition coefficient (Wildman–Crippen LogP) is 5.95. The van der Waals surface area contributed by atoms with Crippen molar-refractivity contribution < 1.29 is 0 Å². The standard InChI is InChI=1S/C18H17ClN2S/c1-12-3-2-4-14(9-12)16(10-20)18-21-17(11-22-18)13-5-7-15(19)8-6-13/h5-8,11-12H,2-4,9H2,1H3. The minimum atomic E-state index is 0.669. The van der Waals surface area contributed by atoms with Gasteiger partial charge in [-0.05, 0) is 42.9 Å². The second kappa shape index (κ2) is 6.64. The molecule has 0 amide bonds. The van der Waals surface area contributed by atoms with Crippen LogP contribution in [0.2, 0.25) is 5.02 Å². The fourth-order valence-corrected chi connectivity index (χ4v) is 3.93. The van der Waals surface area contributed by atoms with Gasteiger partial charge >= 0.3 is 0 Å². The maximum absolute atomic E-state index is 9.58. The van der Waals surface area contributed by atoms with Crippen LogP contribution in [0.25, 0.3) is 16.8 Å². The van der Waals surface area contributed by atoms with Gasteiger partial charge in [0.2, 0.25) is 0 Å². The molecule has 1 aliphatic rings. The summed E-state index contributed by atoms with van der Waals surface area (Å²) in [6.45, 7) is 2.26. The summed E-state index contributed by atoms with van der Waals surface area (Å²) < 4.78 is 0. The van der Waals surface area contributed by atoms with Crippen LogP contribution >= 0.6 is 22.9 Å². The second-order valence-electron chi connectivity index (χ2n) is 5.84. The normalized spacial score (nSPS) is 20.5. The second-order valence-corrected chi connectivity index (χ2v) is 7.13.